The van der Waals surface area contributed by atoms with Gasteiger partial charge in [0.1, 0.15) is 17.7 Å². The molecule has 0 unspecified atom stereocenters. The van der Waals surface area contributed by atoms with E-state index in [0.29, 0.717) is 11.3 Å². The number of ether oxygens (including phenoxy) is 1. The van der Waals surface area contributed by atoms with Gasteiger partial charge in [0, 0.05) is 36.3 Å². The second kappa shape index (κ2) is 11.4. The minimum absolute atomic E-state index is 0.0229. The van der Waals surface area contributed by atoms with Gasteiger partial charge in [0.2, 0.25) is 5.95 Å². The van der Waals surface area contributed by atoms with Crippen LogP contribution >= 0.6 is 0 Å². The lowest BCUT2D eigenvalue weighted by atomic mass is 10.2. The van der Waals surface area contributed by atoms with Crippen LogP contribution in [0.3, 0.4) is 0 Å². The first-order valence-corrected chi connectivity index (χ1v) is 13.1. The van der Waals surface area contributed by atoms with Crippen LogP contribution in [0.2, 0.25) is 0 Å². The van der Waals surface area contributed by atoms with Crippen molar-refractivity contribution in [2.24, 2.45) is 0 Å². The Bertz CT molecular complexity index is 1920. The summed E-state index contributed by atoms with van der Waals surface area (Å²) >= 11 is 0. The Morgan fingerprint density at radius 1 is 1.28 bits per heavy atom. The van der Waals surface area contributed by atoms with Crippen LogP contribution in [0.15, 0.2) is 84.5 Å². The number of carbonyl (C=O) groups excluding carboxylic acids is 2. The number of rotatable bonds is 9. The van der Waals surface area contributed by atoms with Crippen LogP contribution in [0.5, 0.6) is 5.75 Å². The van der Waals surface area contributed by atoms with Crippen molar-refractivity contribution in [1.82, 2.24) is 24.9 Å². The molecule has 0 radical (unpaired) electrons. The quantitative estimate of drug-likeness (QED) is 0.223. The standard InChI is InChI=1S/C30H26F2N8O3/c1-38(16-18-8-10-19(43-2)11-9-18)23-14-27(37-40-24(15-33-29(23)40)30(42)35-22-13-20(22)31)34-21-5-4-12-39(25(21)17-41)28-7-3-6-26(32)36-28/h3-12,14-15,20,22H,13,16H2,1-2H3,(H,34,37)(H,35,42)/t20-,22+/m0/s1/i1D3. The molecule has 43 heavy (non-hydrogen) atoms. The van der Waals surface area contributed by atoms with Crippen LogP contribution in [0, 0.1) is 5.95 Å². The number of anilines is 3. The van der Waals surface area contributed by atoms with E-state index in [0.717, 1.165) is 15.5 Å². The third-order valence-electron chi connectivity index (χ3n) is 6.80. The molecule has 0 bridgehead atoms. The number of fused-ring (bicyclic) bond motifs is 1. The minimum atomic E-state index is -2.69. The lowest BCUT2D eigenvalue weighted by Crippen LogP contribution is -2.29. The Morgan fingerprint density at radius 2 is 2.09 bits per heavy atom. The summed E-state index contributed by atoms with van der Waals surface area (Å²) in [6, 6.07) is 11.7. The number of imidazole rings is 1. The number of hydrogen-bond donors (Lipinski definition) is 2. The number of allylic oxidation sites excluding steroid dienone is 2. The van der Waals surface area contributed by atoms with E-state index in [4.69, 9.17) is 8.85 Å². The van der Waals surface area contributed by atoms with Gasteiger partial charge in [-0.2, -0.15) is 4.39 Å². The molecule has 2 aliphatic rings. The molecule has 3 aromatic heterocycles. The maximum Gasteiger partial charge on any atom is 0.271 e. The lowest BCUT2D eigenvalue weighted by Gasteiger charge is -2.25. The zero-order valence-electron chi connectivity index (χ0n) is 25.7. The summed E-state index contributed by atoms with van der Waals surface area (Å²) in [6.07, 6.45) is 4.86. The van der Waals surface area contributed by atoms with Crippen molar-refractivity contribution in [2.75, 3.05) is 29.2 Å². The second-order valence-corrected chi connectivity index (χ2v) is 9.75. The molecule has 1 aromatic carbocycles. The molecule has 13 heteroatoms. The molecular formula is C30H26F2N8O3. The molecule has 4 aromatic rings. The fourth-order valence-corrected chi connectivity index (χ4v) is 4.50. The van der Waals surface area contributed by atoms with Gasteiger partial charge in [-0.3, -0.25) is 9.69 Å². The van der Waals surface area contributed by atoms with Gasteiger partial charge in [-0.15, -0.1) is 5.10 Å². The number of aromatic nitrogens is 4. The van der Waals surface area contributed by atoms with Gasteiger partial charge in [-0.25, -0.2) is 23.7 Å². The fourth-order valence-electron chi connectivity index (χ4n) is 4.50. The van der Waals surface area contributed by atoms with E-state index in [9.17, 15) is 18.4 Å². The summed E-state index contributed by atoms with van der Waals surface area (Å²) < 4.78 is 59.0. The molecule has 11 nitrogen and oxygen atoms in total. The number of carbonyl (C=O) groups is 1. The first-order valence-electron chi connectivity index (χ1n) is 14.6. The fraction of sp³-hybridized carbons (Fsp3) is 0.200. The highest BCUT2D eigenvalue weighted by molar-refractivity contribution is 5.94. The van der Waals surface area contributed by atoms with Crippen molar-refractivity contribution in [2.45, 2.75) is 25.2 Å². The number of nitrogens with zero attached hydrogens (tertiary/aromatic N) is 6. The summed E-state index contributed by atoms with van der Waals surface area (Å²) in [7, 11) is 1.52. The molecule has 2 N–H and O–H groups in total. The van der Waals surface area contributed by atoms with Gasteiger partial charge in [0.05, 0.1) is 30.7 Å². The number of methoxy groups -OCH3 is 1. The van der Waals surface area contributed by atoms with Gasteiger partial charge in [0.25, 0.3) is 5.91 Å². The van der Waals surface area contributed by atoms with Crippen molar-refractivity contribution in [3.63, 3.8) is 0 Å². The Hall–Kier alpha value is -5.55. The molecule has 218 valence electrons. The first kappa shape index (κ1) is 24.1. The van der Waals surface area contributed by atoms with Crippen LogP contribution in [-0.2, 0) is 11.3 Å². The summed E-state index contributed by atoms with van der Waals surface area (Å²) in [5.74, 6) is 1.15. The monoisotopic (exact) mass is 587 g/mol. The zero-order valence-corrected chi connectivity index (χ0v) is 22.7. The van der Waals surface area contributed by atoms with Gasteiger partial charge >= 0.3 is 0 Å². The molecule has 1 saturated carbocycles. The number of hydrogen-bond acceptors (Lipinski definition) is 9. The van der Waals surface area contributed by atoms with E-state index >= 15 is 0 Å². The lowest BCUT2D eigenvalue weighted by molar-refractivity contribution is 0.0940. The van der Waals surface area contributed by atoms with Gasteiger partial charge < -0.3 is 20.3 Å². The summed E-state index contributed by atoms with van der Waals surface area (Å²) in [4.78, 5) is 35.9. The smallest absolute Gasteiger partial charge is 0.271 e. The zero-order chi connectivity index (χ0) is 32.6. The second-order valence-electron chi connectivity index (χ2n) is 9.75. The Kier molecular flexibility index (Phi) is 6.37. The van der Waals surface area contributed by atoms with Crippen LogP contribution in [0.4, 0.5) is 26.1 Å². The minimum Gasteiger partial charge on any atom is -0.497 e. The molecule has 1 amide bonds. The van der Waals surface area contributed by atoms with E-state index in [1.54, 1.807) is 30.3 Å². The molecule has 0 saturated heterocycles. The van der Waals surface area contributed by atoms with E-state index in [1.807, 2.05) is 5.94 Å². The molecule has 4 heterocycles. The van der Waals surface area contributed by atoms with Crippen molar-refractivity contribution in [1.29, 1.82) is 0 Å². The van der Waals surface area contributed by atoms with Crippen molar-refractivity contribution in [3.05, 3.63) is 102 Å². The van der Waals surface area contributed by atoms with Crippen molar-refractivity contribution in [3.8, 4) is 5.75 Å². The molecular weight excluding hydrogens is 558 g/mol. The normalized spacial score (nSPS) is 18.7. The number of amides is 1. The average molecular weight is 588 g/mol. The third-order valence-corrected chi connectivity index (χ3v) is 6.80. The SMILES string of the molecule is [2H]C([2H])([2H])N(Cc1ccc(OC)cc1)c1cc(NC2=CC=CN(c3cccc(F)n3)C2=C=O)nn2c(C(=O)N[C@@H]3C[C@@H]3F)cnc12. The molecule has 0 spiro atoms. The number of halogens is 2. The van der Waals surface area contributed by atoms with Crippen molar-refractivity contribution >= 4 is 34.8 Å². The van der Waals surface area contributed by atoms with Crippen molar-refractivity contribution < 1.29 is 27.2 Å². The van der Waals surface area contributed by atoms with Crippen LogP contribution in [0.1, 0.15) is 26.6 Å². The Labute approximate surface area is 249 Å². The maximum atomic E-state index is 13.9. The van der Waals surface area contributed by atoms with E-state index < -0.39 is 31.0 Å². The molecule has 1 aliphatic heterocycles. The molecule has 6 rings (SSSR count). The summed E-state index contributed by atoms with van der Waals surface area (Å²) in [6.45, 7) is -2.78. The third kappa shape index (κ3) is 5.66. The Balaban J connectivity index is 1.43. The average Bonchev–Trinajstić information content (AvgIpc) is 3.55. The number of alkyl halides is 1. The predicted molar refractivity (Wildman–Crippen MR) is 156 cm³/mol. The topological polar surface area (TPSA) is 117 Å². The largest absolute Gasteiger partial charge is 0.497 e. The highest BCUT2D eigenvalue weighted by Gasteiger charge is 2.39. The van der Waals surface area contributed by atoms with Gasteiger partial charge in [-0.1, -0.05) is 18.2 Å². The van der Waals surface area contributed by atoms with Crippen LogP contribution < -0.4 is 25.2 Å². The molecule has 1 aliphatic carbocycles. The number of benzene rings is 1. The highest BCUT2D eigenvalue weighted by Crippen LogP contribution is 2.30. The number of pyridine rings is 1. The van der Waals surface area contributed by atoms with Crippen LogP contribution in [0.25, 0.3) is 5.65 Å². The molecule has 2 atom stereocenters. The van der Waals surface area contributed by atoms with Gasteiger partial charge in [0.15, 0.2) is 28.8 Å². The Morgan fingerprint density at radius 3 is 2.79 bits per heavy atom. The predicted octanol–water partition coefficient (Wildman–Crippen LogP) is 3.79. The summed E-state index contributed by atoms with van der Waals surface area (Å²) in [5, 5.41) is 10.1. The van der Waals surface area contributed by atoms with Gasteiger partial charge in [-0.05, 0) is 42.0 Å². The maximum absolute atomic E-state index is 13.9. The van der Waals surface area contributed by atoms with E-state index in [1.165, 1.54) is 48.7 Å². The van der Waals surface area contributed by atoms with E-state index in [2.05, 4.69) is 25.7 Å². The summed E-state index contributed by atoms with van der Waals surface area (Å²) in [5.41, 5.74) is 0.792. The van der Waals surface area contributed by atoms with E-state index in [-0.39, 0.29) is 53.0 Å². The van der Waals surface area contributed by atoms with Crippen LogP contribution in [-0.4, -0.2) is 57.7 Å². The number of nitrogens with one attached hydrogen (secondary N) is 2. The molecule has 1 fully saturated rings. The highest BCUT2D eigenvalue weighted by atomic mass is 19.1. The first-order chi connectivity index (χ1) is 22.0.